The lowest BCUT2D eigenvalue weighted by Gasteiger charge is -2.11. The first-order valence-corrected chi connectivity index (χ1v) is 8.30. The Morgan fingerprint density at radius 3 is 2.38 bits per heavy atom. The van der Waals surface area contributed by atoms with Crippen molar-refractivity contribution in [2.75, 3.05) is 20.8 Å². The van der Waals surface area contributed by atoms with Gasteiger partial charge in [0.1, 0.15) is 17.3 Å². The van der Waals surface area contributed by atoms with E-state index in [0.717, 1.165) is 5.56 Å². The molecule has 0 heterocycles. The summed E-state index contributed by atoms with van der Waals surface area (Å²) < 4.78 is 23.3. The third-order valence-corrected chi connectivity index (χ3v) is 3.96. The Morgan fingerprint density at radius 1 is 1.00 bits per heavy atom. The van der Waals surface area contributed by atoms with Crippen LogP contribution in [0.4, 0.5) is 4.39 Å². The number of methoxy groups -OCH3 is 2. The van der Waals surface area contributed by atoms with Crippen molar-refractivity contribution in [2.24, 2.45) is 0 Å². The lowest BCUT2D eigenvalue weighted by molar-refractivity contribution is -0.121. The Balaban J connectivity index is 1.77. The van der Waals surface area contributed by atoms with Crippen molar-refractivity contribution in [1.29, 1.82) is 0 Å². The molecular formula is C20H22FNO4. The highest BCUT2D eigenvalue weighted by Gasteiger charge is 2.10. The van der Waals surface area contributed by atoms with Crippen LogP contribution in [0.5, 0.6) is 11.5 Å². The van der Waals surface area contributed by atoms with Crippen molar-refractivity contribution in [3.63, 3.8) is 0 Å². The average molecular weight is 359 g/mol. The van der Waals surface area contributed by atoms with Gasteiger partial charge in [-0.15, -0.1) is 0 Å². The van der Waals surface area contributed by atoms with E-state index in [-0.39, 0.29) is 24.5 Å². The molecule has 26 heavy (non-hydrogen) atoms. The Hall–Kier alpha value is -2.89. The number of carbonyl (C=O) groups excluding carboxylic acids is 2. The molecule has 1 N–H and O–H groups in total. The first-order chi connectivity index (χ1) is 12.5. The molecule has 0 spiro atoms. The fourth-order valence-electron chi connectivity index (χ4n) is 2.49. The normalized spacial score (nSPS) is 10.3. The second kappa shape index (κ2) is 9.56. The van der Waals surface area contributed by atoms with Crippen molar-refractivity contribution in [2.45, 2.75) is 19.3 Å². The summed E-state index contributed by atoms with van der Waals surface area (Å²) in [6.45, 7) is 0.437. The molecule has 0 saturated heterocycles. The van der Waals surface area contributed by atoms with Crippen molar-refractivity contribution in [3.8, 4) is 11.5 Å². The van der Waals surface area contributed by atoms with Crippen molar-refractivity contribution >= 4 is 11.7 Å². The van der Waals surface area contributed by atoms with Gasteiger partial charge in [-0.05, 0) is 42.3 Å². The van der Waals surface area contributed by atoms with Crippen LogP contribution < -0.4 is 14.8 Å². The average Bonchev–Trinajstić information content (AvgIpc) is 2.66. The topological polar surface area (TPSA) is 64.6 Å². The molecule has 0 aromatic heterocycles. The number of ketones is 1. The molecule has 5 nitrogen and oxygen atoms in total. The maximum absolute atomic E-state index is 12.8. The fraction of sp³-hybridized carbons (Fsp3) is 0.300. The summed E-state index contributed by atoms with van der Waals surface area (Å²) in [5.74, 6) is 0.622. The van der Waals surface area contributed by atoms with E-state index in [0.29, 0.717) is 30.0 Å². The number of benzene rings is 2. The number of Topliss-reactive ketones (excluding diaryl/α,β-unsaturated/α-hetero) is 1. The molecule has 0 unspecified atom stereocenters. The van der Waals surface area contributed by atoms with Gasteiger partial charge in [-0.1, -0.05) is 6.07 Å². The van der Waals surface area contributed by atoms with E-state index < -0.39 is 5.82 Å². The van der Waals surface area contributed by atoms with Crippen LogP contribution in [0.15, 0.2) is 42.5 Å². The second-order valence-corrected chi connectivity index (χ2v) is 5.71. The maximum Gasteiger partial charge on any atom is 0.220 e. The smallest absolute Gasteiger partial charge is 0.220 e. The lowest BCUT2D eigenvalue weighted by atomic mass is 10.1. The van der Waals surface area contributed by atoms with E-state index >= 15 is 0 Å². The summed E-state index contributed by atoms with van der Waals surface area (Å²) in [7, 11) is 3.17. The minimum Gasteiger partial charge on any atom is -0.497 e. The predicted octanol–water partition coefficient (Wildman–Crippen LogP) is 3.16. The van der Waals surface area contributed by atoms with Gasteiger partial charge in [0.15, 0.2) is 5.78 Å². The Labute approximate surface area is 152 Å². The Morgan fingerprint density at radius 2 is 1.73 bits per heavy atom. The summed E-state index contributed by atoms with van der Waals surface area (Å²) in [5, 5.41) is 2.79. The molecule has 0 atom stereocenters. The number of rotatable bonds is 9. The van der Waals surface area contributed by atoms with E-state index in [2.05, 4.69) is 5.32 Å². The van der Waals surface area contributed by atoms with Gasteiger partial charge in [0.05, 0.1) is 14.2 Å². The largest absolute Gasteiger partial charge is 0.497 e. The van der Waals surface area contributed by atoms with Crippen LogP contribution >= 0.6 is 0 Å². The monoisotopic (exact) mass is 359 g/mol. The predicted molar refractivity (Wildman–Crippen MR) is 96.2 cm³/mol. The van der Waals surface area contributed by atoms with Crippen LogP contribution in [0, 0.1) is 5.82 Å². The molecule has 6 heteroatoms. The molecule has 0 aliphatic heterocycles. The van der Waals surface area contributed by atoms with E-state index in [4.69, 9.17) is 9.47 Å². The van der Waals surface area contributed by atoms with Crippen molar-refractivity contribution in [3.05, 3.63) is 59.4 Å². The standard InChI is InChI=1S/C20H22FNO4/c1-25-17-8-5-15(19(13-17)26-2)11-12-22-20(24)10-9-18(23)14-3-6-16(21)7-4-14/h3-8,13H,9-12H2,1-2H3,(H,22,24). The van der Waals surface area contributed by atoms with Crippen LogP contribution in [0.2, 0.25) is 0 Å². The quantitative estimate of drug-likeness (QED) is 0.699. The van der Waals surface area contributed by atoms with Gasteiger partial charge in [0.25, 0.3) is 0 Å². The minimum atomic E-state index is -0.395. The summed E-state index contributed by atoms with van der Waals surface area (Å²) in [5.41, 5.74) is 1.36. The number of carbonyl (C=O) groups is 2. The molecule has 0 bridgehead atoms. The maximum atomic E-state index is 12.8. The highest BCUT2D eigenvalue weighted by atomic mass is 19.1. The van der Waals surface area contributed by atoms with E-state index in [1.165, 1.54) is 24.3 Å². The number of ether oxygens (including phenoxy) is 2. The third kappa shape index (κ3) is 5.58. The van der Waals surface area contributed by atoms with Gasteiger partial charge in [0.2, 0.25) is 5.91 Å². The van der Waals surface area contributed by atoms with Crippen LogP contribution in [0.3, 0.4) is 0 Å². The zero-order valence-electron chi connectivity index (χ0n) is 14.9. The highest BCUT2D eigenvalue weighted by Crippen LogP contribution is 2.24. The molecule has 0 radical (unpaired) electrons. The van der Waals surface area contributed by atoms with Crippen LogP contribution in [0.1, 0.15) is 28.8 Å². The van der Waals surface area contributed by atoms with Gasteiger partial charge < -0.3 is 14.8 Å². The molecule has 2 rings (SSSR count). The summed E-state index contributed by atoms with van der Waals surface area (Å²) in [4.78, 5) is 23.9. The number of hydrogen-bond acceptors (Lipinski definition) is 4. The number of nitrogens with one attached hydrogen (secondary N) is 1. The third-order valence-electron chi connectivity index (χ3n) is 3.96. The zero-order valence-corrected chi connectivity index (χ0v) is 14.9. The minimum absolute atomic E-state index is 0.0866. The fourth-order valence-corrected chi connectivity index (χ4v) is 2.49. The number of hydrogen-bond donors (Lipinski definition) is 1. The zero-order chi connectivity index (χ0) is 18.9. The van der Waals surface area contributed by atoms with Crippen LogP contribution in [-0.4, -0.2) is 32.5 Å². The van der Waals surface area contributed by atoms with Crippen molar-refractivity contribution in [1.82, 2.24) is 5.32 Å². The van der Waals surface area contributed by atoms with Gasteiger partial charge in [-0.25, -0.2) is 4.39 Å². The van der Waals surface area contributed by atoms with Crippen LogP contribution in [0.25, 0.3) is 0 Å². The molecule has 1 amide bonds. The number of halogens is 1. The van der Waals surface area contributed by atoms with E-state index in [1.807, 2.05) is 12.1 Å². The highest BCUT2D eigenvalue weighted by molar-refractivity contribution is 5.97. The molecule has 0 aliphatic rings. The van der Waals surface area contributed by atoms with Crippen molar-refractivity contribution < 1.29 is 23.5 Å². The SMILES string of the molecule is COc1ccc(CCNC(=O)CCC(=O)c2ccc(F)cc2)c(OC)c1. The molecule has 138 valence electrons. The summed E-state index contributed by atoms with van der Waals surface area (Å²) >= 11 is 0. The molecule has 2 aromatic carbocycles. The molecular weight excluding hydrogens is 337 g/mol. The molecule has 0 saturated carbocycles. The molecule has 2 aromatic rings. The second-order valence-electron chi connectivity index (χ2n) is 5.71. The lowest BCUT2D eigenvalue weighted by Crippen LogP contribution is -2.26. The van der Waals surface area contributed by atoms with Crippen LogP contribution in [-0.2, 0) is 11.2 Å². The molecule has 0 fully saturated rings. The van der Waals surface area contributed by atoms with Gasteiger partial charge >= 0.3 is 0 Å². The molecule has 0 aliphatic carbocycles. The first-order valence-electron chi connectivity index (χ1n) is 8.30. The summed E-state index contributed by atoms with van der Waals surface area (Å²) in [6.07, 6.45) is 0.782. The summed E-state index contributed by atoms with van der Waals surface area (Å²) in [6, 6.07) is 10.8. The van der Waals surface area contributed by atoms with E-state index in [1.54, 1.807) is 20.3 Å². The van der Waals surface area contributed by atoms with Gasteiger partial charge in [-0.3, -0.25) is 9.59 Å². The van der Waals surface area contributed by atoms with Gasteiger partial charge in [0, 0.05) is 31.0 Å². The van der Waals surface area contributed by atoms with Gasteiger partial charge in [-0.2, -0.15) is 0 Å². The first kappa shape index (κ1) is 19.4. The Kier molecular flexibility index (Phi) is 7.14. The van der Waals surface area contributed by atoms with E-state index in [9.17, 15) is 14.0 Å². The Bertz CT molecular complexity index is 759. The number of amides is 1.